The van der Waals surface area contributed by atoms with E-state index in [9.17, 15) is 17.2 Å². The van der Waals surface area contributed by atoms with E-state index in [2.05, 4.69) is 15.0 Å². The predicted octanol–water partition coefficient (Wildman–Crippen LogP) is 2.87. The maximum absolute atomic E-state index is 13.5. The quantitative estimate of drug-likeness (QED) is 0.890. The van der Waals surface area contributed by atoms with E-state index in [1.54, 1.807) is 0 Å². The molecule has 0 radical (unpaired) electrons. The third-order valence-corrected chi connectivity index (χ3v) is 3.92. The van der Waals surface area contributed by atoms with E-state index in [0.29, 0.717) is 11.5 Å². The van der Waals surface area contributed by atoms with Gasteiger partial charge >= 0.3 is 0 Å². The van der Waals surface area contributed by atoms with Crippen molar-refractivity contribution in [3.05, 3.63) is 48.2 Å². The summed E-state index contributed by atoms with van der Waals surface area (Å²) in [7, 11) is -3.37. The van der Waals surface area contributed by atoms with Gasteiger partial charge in [0, 0.05) is 6.07 Å². The summed E-state index contributed by atoms with van der Waals surface area (Å²) >= 11 is 0. The van der Waals surface area contributed by atoms with Crippen molar-refractivity contribution in [2.24, 2.45) is 0 Å². The molecule has 1 aromatic carbocycles. The minimum atomic E-state index is -3.37. The molecule has 112 valence electrons. The van der Waals surface area contributed by atoms with Crippen LogP contribution < -0.4 is 10.0 Å². The molecule has 21 heavy (non-hydrogen) atoms. The van der Waals surface area contributed by atoms with Gasteiger partial charge in [-0.3, -0.25) is 4.72 Å². The summed E-state index contributed by atoms with van der Waals surface area (Å²) in [4.78, 5) is 3.96. The van der Waals surface area contributed by atoms with Crippen LogP contribution >= 0.6 is 0 Å². The van der Waals surface area contributed by atoms with E-state index in [1.165, 1.54) is 31.3 Å². The first kappa shape index (κ1) is 15.2. The van der Waals surface area contributed by atoms with E-state index in [4.69, 9.17) is 0 Å². The first-order valence-electron chi connectivity index (χ1n) is 6.08. The minimum absolute atomic E-state index is 0.0478. The highest BCUT2D eigenvalue weighted by molar-refractivity contribution is 7.92. The molecule has 2 rings (SSSR count). The van der Waals surface area contributed by atoms with Gasteiger partial charge < -0.3 is 5.32 Å². The minimum Gasteiger partial charge on any atom is -0.338 e. The SMILES string of the molecule is CCS(=O)(=O)Nc1ccc(Nc2ccc(F)cc2F)nc1. The van der Waals surface area contributed by atoms with Crippen LogP contribution in [0.1, 0.15) is 6.92 Å². The molecule has 0 unspecified atom stereocenters. The molecule has 2 N–H and O–H groups in total. The molecule has 0 aliphatic heterocycles. The van der Waals surface area contributed by atoms with Crippen molar-refractivity contribution in [3.63, 3.8) is 0 Å². The van der Waals surface area contributed by atoms with Gasteiger partial charge in [0.15, 0.2) is 0 Å². The van der Waals surface area contributed by atoms with Gasteiger partial charge in [0.05, 0.1) is 23.3 Å². The number of sulfonamides is 1. The maximum atomic E-state index is 13.5. The fourth-order valence-corrected chi connectivity index (χ4v) is 2.13. The van der Waals surface area contributed by atoms with Crippen LogP contribution in [0.5, 0.6) is 0 Å². The van der Waals surface area contributed by atoms with Crippen LogP contribution in [0, 0.1) is 11.6 Å². The molecule has 0 spiro atoms. The summed E-state index contributed by atoms with van der Waals surface area (Å²) in [5.74, 6) is -1.16. The summed E-state index contributed by atoms with van der Waals surface area (Å²) in [6, 6.07) is 6.10. The van der Waals surface area contributed by atoms with Crippen molar-refractivity contribution < 1.29 is 17.2 Å². The smallest absolute Gasteiger partial charge is 0.232 e. The second-order valence-corrected chi connectivity index (χ2v) is 6.20. The van der Waals surface area contributed by atoms with Crippen molar-refractivity contribution in [1.29, 1.82) is 0 Å². The fraction of sp³-hybridized carbons (Fsp3) is 0.154. The highest BCUT2D eigenvalue weighted by Gasteiger charge is 2.08. The molecular weight excluding hydrogens is 300 g/mol. The van der Waals surface area contributed by atoms with E-state index in [0.717, 1.165) is 12.1 Å². The summed E-state index contributed by atoms with van der Waals surface area (Å²) in [5.41, 5.74) is 0.382. The molecule has 0 bridgehead atoms. The zero-order valence-corrected chi connectivity index (χ0v) is 11.9. The number of halogens is 2. The second kappa shape index (κ2) is 6.04. The van der Waals surface area contributed by atoms with Crippen molar-refractivity contribution in [2.75, 3.05) is 15.8 Å². The van der Waals surface area contributed by atoms with Crippen LogP contribution in [0.25, 0.3) is 0 Å². The van der Waals surface area contributed by atoms with E-state index < -0.39 is 21.7 Å². The van der Waals surface area contributed by atoms with Gasteiger partial charge in [0.2, 0.25) is 10.0 Å². The zero-order chi connectivity index (χ0) is 15.5. The average molecular weight is 313 g/mol. The molecule has 0 atom stereocenters. The molecule has 0 saturated carbocycles. The predicted molar refractivity (Wildman–Crippen MR) is 77.0 cm³/mol. The lowest BCUT2D eigenvalue weighted by atomic mass is 10.3. The number of benzene rings is 1. The molecule has 8 heteroatoms. The number of anilines is 3. The van der Waals surface area contributed by atoms with E-state index >= 15 is 0 Å². The Kier molecular flexibility index (Phi) is 4.37. The number of nitrogens with one attached hydrogen (secondary N) is 2. The summed E-state index contributed by atoms with van der Waals surface area (Å²) < 4.78 is 51.3. The molecule has 0 saturated heterocycles. The number of hydrogen-bond donors (Lipinski definition) is 2. The molecule has 0 fully saturated rings. The Hall–Kier alpha value is -2.22. The number of pyridine rings is 1. The summed E-state index contributed by atoms with van der Waals surface area (Å²) in [6.45, 7) is 1.52. The third kappa shape index (κ3) is 4.12. The Bertz CT molecular complexity index is 734. The normalized spacial score (nSPS) is 11.2. The Balaban J connectivity index is 2.12. The Morgan fingerprint density at radius 3 is 2.52 bits per heavy atom. The first-order valence-corrected chi connectivity index (χ1v) is 7.73. The van der Waals surface area contributed by atoms with Crippen molar-refractivity contribution in [3.8, 4) is 0 Å². The average Bonchev–Trinajstić information content (AvgIpc) is 2.44. The Morgan fingerprint density at radius 1 is 1.19 bits per heavy atom. The molecule has 5 nitrogen and oxygen atoms in total. The number of rotatable bonds is 5. The van der Waals surface area contributed by atoms with Crippen LogP contribution in [0.3, 0.4) is 0 Å². The fourth-order valence-electron chi connectivity index (χ4n) is 1.51. The van der Waals surface area contributed by atoms with Gasteiger partial charge in [0.1, 0.15) is 17.5 Å². The van der Waals surface area contributed by atoms with Gasteiger partial charge in [-0.15, -0.1) is 0 Å². The van der Waals surface area contributed by atoms with Gasteiger partial charge in [-0.05, 0) is 31.2 Å². The van der Waals surface area contributed by atoms with Crippen molar-refractivity contribution in [2.45, 2.75) is 6.92 Å². The number of nitrogens with zero attached hydrogens (tertiary/aromatic N) is 1. The lowest BCUT2D eigenvalue weighted by Crippen LogP contribution is -2.14. The highest BCUT2D eigenvalue weighted by atomic mass is 32.2. The van der Waals surface area contributed by atoms with Crippen molar-refractivity contribution in [1.82, 2.24) is 4.98 Å². The van der Waals surface area contributed by atoms with Crippen LogP contribution in [0.2, 0.25) is 0 Å². The standard InChI is InChI=1S/C13H13F2N3O2S/c1-2-21(19,20)18-10-4-6-13(16-8-10)17-12-5-3-9(14)7-11(12)15/h3-8,18H,2H2,1H3,(H,16,17). The van der Waals surface area contributed by atoms with E-state index in [1.807, 2.05) is 0 Å². The second-order valence-electron chi connectivity index (χ2n) is 4.19. The van der Waals surface area contributed by atoms with Crippen LogP contribution in [-0.4, -0.2) is 19.2 Å². The molecular formula is C13H13F2N3O2S. The molecule has 1 heterocycles. The number of aromatic nitrogens is 1. The lowest BCUT2D eigenvalue weighted by molar-refractivity contribution is 0.586. The largest absolute Gasteiger partial charge is 0.338 e. The van der Waals surface area contributed by atoms with Gasteiger partial charge in [-0.25, -0.2) is 22.2 Å². The monoisotopic (exact) mass is 313 g/mol. The maximum Gasteiger partial charge on any atom is 0.232 e. The van der Waals surface area contributed by atoms with E-state index in [-0.39, 0.29) is 11.4 Å². The Morgan fingerprint density at radius 2 is 1.95 bits per heavy atom. The van der Waals surface area contributed by atoms with Gasteiger partial charge in [-0.2, -0.15) is 0 Å². The van der Waals surface area contributed by atoms with Crippen LogP contribution in [0.4, 0.5) is 26.0 Å². The molecule has 0 amide bonds. The molecule has 0 aliphatic rings. The topological polar surface area (TPSA) is 71.1 Å². The highest BCUT2D eigenvalue weighted by Crippen LogP contribution is 2.20. The molecule has 0 aliphatic carbocycles. The molecule has 2 aromatic rings. The van der Waals surface area contributed by atoms with Crippen molar-refractivity contribution >= 4 is 27.2 Å². The molecule has 1 aromatic heterocycles. The zero-order valence-electron chi connectivity index (χ0n) is 11.1. The summed E-state index contributed by atoms with van der Waals surface area (Å²) in [6.07, 6.45) is 1.30. The van der Waals surface area contributed by atoms with Gasteiger partial charge in [0.25, 0.3) is 0 Å². The lowest BCUT2D eigenvalue weighted by Gasteiger charge is -2.09. The Labute approximate surface area is 121 Å². The first-order chi connectivity index (χ1) is 9.89. The summed E-state index contributed by atoms with van der Waals surface area (Å²) in [5, 5.41) is 2.67. The number of hydrogen-bond acceptors (Lipinski definition) is 4. The van der Waals surface area contributed by atoms with Crippen LogP contribution in [-0.2, 0) is 10.0 Å². The van der Waals surface area contributed by atoms with Gasteiger partial charge in [-0.1, -0.05) is 0 Å². The third-order valence-electron chi connectivity index (χ3n) is 2.61. The van der Waals surface area contributed by atoms with Crippen LogP contribution in [0.15, 0.2) is 36.5 Å².